The van der Waals surface area contributed by atoms with E-state index in [0.717, 1.165) is 24.3 Å². The van der Waals surface area contributed by atoms with Gasteiger partial charge < -0.3 is 20.3 Å². The molecule has 1 aliphatic rings. The third-order valence-corrected chi connectivity index (χ3v) is 3.87. The Labute approximate surface area is 143 Å². The zero-order valence-electron chi connectivity index (χ0n) is 15.1. The molecule has 2 rings (SSSR count). The lowest BCUT2D eigenvalue weighted by Crippen LogP contribution is -2.49. The van der Waals surface area contributed by atoms with Gasteiger partial charge in [-0.15, -0.1) is 0 Å². The largest absolute Gasteiger partial charge is 0.493 e. The van der Waals surface area contributed by atoms with Crippen LogP contribution in [0.5, 0.6) is 5.75 Å². The Morgan fingerprint density at radius 2 is 1.96 bits per heavy atom. The number of amides is 2. The van der Waals surface area contributed by atoms with E-state index < -0.39 is 17.4 Å². The van der Waals surface area contributed by atoms with Crippen molar-refractivity contribution in [3.63, 3.8) is 0 Å². The van der Waals surface area contributed by atoms with Crippen LogP contribution in [0, 0.1) is 0 Å². The second kappa shape index (κ2) is 7.21. The Morgan fingerprint density at radius 1 is 1.25 bits per heavy atom. The molecule has 1 atom stereocenters. The fraction of sp³-hybridized carbons (Fsp3) is 0.556. The third kappa shape index (κ3) is 4.71. The van der Waals surface area contributed by atoms with Crippen molar-refractivity contribution in [3.8, 4) is 5.75 Å². The van der Waals surface area contributed by atoms with E-state index in [9.17, 15) is 9.59 Å². The van der Waals surface area contributed by atoms with E-state index in [2.05, 4.69) is 16.7 Å². The number of hydrogen-bond acceptors (Lipinski definition) is 4. The number of hydrogen-bond donors (Lipinski definition) is 2. The summed E-state index contributed by atoms with van der Waals surface area (Å²) in [7, 11) is 3.91. The molecule has 1 aromatic carbocycles. The minimum atomic E-state index is -0.610. The van der Waals surface area contributed by atoms with Crippen LogP contribution in [0.1, 0.15) is 37.9 Å². The highest BCUT2D eigenvalue weighted by atomic mass is 16.5. The van der Waals surface area contributed by atoms with E-state index in [4.69, 9.17) is 4.74 Å². The van der Waals surface area contributed by atoms with E-state index >= 15 is 0 Å². The standard InChI is InChI=1S/C18H27N3O3/c1-18(2,3)20-17(23)16(22)19-11-14(21(4)5)12-6-7-15-13(10-12)8-9-24-15/h6-7,10,14H,8-9,11H2,1-5H3,(H,19,22)(H,20,23). The normalized spacial score (nSPS) is 14.8. The maximum absolute atomic E-state index is 12.0. The molecule has 2 amide bonds. The number of rotatable bonds is 4. The van der Waals surface area contributed by atoms with Gasteiger partial charge >= 0.3 is 11.8 Å². The van der Waals surface area contributed by atoms with E-state index in [1.165, 1.54) is 5.56 Å². The summed E-state index contributed by atoms with van der Waals surface area (Å²) >= 11 is 0. The van der Waals surface area contributed by atoms with Crippen LogP contribution in [-0.2, 0) is 16.0 Å². The lowest BCUT2D eigenvalue weighted by Gasteiger charge is -2.26. The summed E-state index contributed by atoms with van der Waals surface area (Å²) < 4.78 is 5.53. The maximum Gasteiger partial charge on any atom is 0.309 e. The average Bonchev–Trinajstić information content (AvgIpc) is 2.92. The highest BCUT2D eigenvalue weighted by Crippen LogP contribution is 2.29. The molecular formula is C18H27N3O3. The predicted molar refractivity (Wildman–Crippen MR) is 93.0 cm³/mol. The van der Waals surface area contributed by atoms with E-state index in [1.54, 1.807) is 0 Å². The molecule has 0 radical (unpaired) electrons. The predicted octanol–water partition coefficient (Wildman–Crippen LogP) is 1.26. The van der Waals surface area contributed by atoms with E-state index in [-0.39, 0.29) is 6.04 Å². The van der Waals surface area contributed by atoms with Crippen LogP contribution in [0.3, 0.4) is 0 Å². The van der Waals surface area contributed by atoms with Crippen LogP contribution in [0.2, 0.25) is 0 Å². The molecule has 6 nitrogen and oxygen atoms in total. The smallest absolute Gasteiger partial charge is 0.309 e. The van der Waals surface area contributed by atoms with Gasteiger partial charge in [0.1, 0.15) is 5.75 Å². The Balaban J connectivity index is 2.02. The summed E-state index contributed by atoms with van der Waals surface area (Å²) in [5.41, 5.74) is 1.85. The van der Waals surface area contributed by atoms with Gasteiger partial charge in [0.05, 0.1) is 12.6 Å². The quantitative estimate of drug-likeness (QED) is 0.814. The van der Waals surface area contributed by atoms with Crippen molar-refractivity contribution in [2.45, 2.75) is 38.8 Å². The number of carbonyl (C=O) groups excluding carboxylic acids is 2. The molecule has 132 valence electrons. The number of ether oxygens (including phenoxy) is 1. The molecule has 1 aromatic rings. The molecule has 0 spiro atoms. The van der Waals surface area contributed by atoms with Crippen molar-refractivity contribution in [3.05, 3.63) is 29.3 Å². The number of fused-ring (bicyclic) bond motifs is 1. The average molecular weight is 333 g/mol. The van der Waals surface area contributed by atoms with Crippen LogP contribution in [-0.4, -0.2) is 49.5 Å². The molecular weight excluding hydrogens is 306 g/mol. The van der Waals surface area contributed by atoms with Gasteiger partial charge in [-0.25, -0.2) is 0 Å². The summed E-state index contributed by atoms with van der Waals surface area (Å²) in [6.45, 7) is 6.60. The van der Waals surface area contributed by atoms with Crippen LogP contribution >= 0.6 is 0 Å². The summed E-state index contributed by atoms with van der Waals surface area (Å²) in [6, 6.07) is 6.09. The second-order valence-corrected chi connectivity index (χ2v) is 7.36. The fourth-order valence-electron chi connectivity index (χ4n) is 2.68. The molecule has 1 unspecified atom stereocenters. The number of likely N-dealkylation sites (N-methyl/N-ethyl adjacent to an activating group) is 1. The first-order valence-corrected chi connectivity index (χ1v) is 8.20. The SMILES string of the molecule is CN(C)C(CNC(=O)C(=O)NC(C)(C)C)c1ccc2c(c1)CCO2. The molecule has 1 aliphatic heterocycles. The Bertz CT molecular complexity index is 620. The number of benzene rings is 1. The molecule has 2 N–H and O–H groups in total. The van der Waals surface area contributed by atoms with Crippen molar-refractivity contribution >= 4 is 11.8 Å². The maximum atomic E-state index is 12.0. The van der Waals surface area contributed by atoms with Gasteiger partial charge in [0, 0.05) is 18.5 Å². The van der Waals surface area contributed by atoms with Crippen LogP contribution in [0.25, 0.3) is 0 Å². The Morgan fingerprint density at radius 3 is 2.58 bits per heavy atom. The van der Waals surface area contributed by atoms with Gasteiger partial charge in [-0.3, -0.25) is 9.59 Å². The van der Waals surface area contributed by atoms with Crippen molar-refractivity contribution in [1.82, 2.24) is 15.5 Å². The van der Waals surface area contributed by atoms with Gasteiger partial charge in [-0.1, -0.05) is 12.1 Å². The van der Waals surface area contributed by atoms with Crippen LogP contribution < -0.4 is 15.4 Å². The topological polar surface area (TPSA) is 70.7 Å². The van der Waals surface area contributed by atoms with Gasteiger partial charge in [-0.2, -0.15) is 0 Å². The first-order valence-electron chi connectivity index (χ1n) is 8.20. The number of carbonyl (C=O) groups is 2. The van der Waals surface area contributed by atoms with Gasteiger partial charge in [-0.05, 0) is 52.1 Å². The molecule has 0 saturated carbocycles. The first kappa shape index (κ1) is 18.3. The van der Waals surface area contributed by atoms with E-state index in [0.29, 0.717) is 6.54 Å². The van der Waals surface area contributed by atoms with Crippen molar-refractivity contribution < 1.29 is 14.3 Å². The summed E-state index contributed by atoms with van der Waals surface area (Å²) in [6.07, 6.45) is 0.906. The van der Waals surface area contributed by atoms with E-state index in [1.807, 2.05) is 51.9 Å². The molecule has 0 bridgehead atoms. The van der Waals surface area contributed by atoms with Crippen molar-refractivity contribution in [1.29, 1.82) is 0 Å². The molecule has 6 heteroatoms. The Kier molecular flexibility index (Phi) is 5.49. The van der Waals surface area contributed by atoms with Gasteiger partial charge in [0.15, 0.2) is 0 Å². The first-order chi connectivity index (χ1) is 11.2. The number of nitrogens with zero attached hydrogens (tertiary/aromatic N) is 1. The third-order valence-electron chi connectivity index (χ3n) is 3.87. The fourth-order valence-corrected chi connectivity index (χ4v) is 2.68. The lowest BCUT2D eigenvalue weighted by atomic mass is 10.0. The highest BCUT2D eigenvalue weighted by molar-refractivity contribution is 6.35. The second-order valence-electron chi connectivity index (χ2n) is 7.36. The minimum Gasteiger partial charge on any atom is -0.493 e. The minimum absolute atomic E-state index is 0.0118. The molecule has 0 fully saturated rings. The van der Waals surface area contributed by atoms with Crippen molar-refractivity contribution in [2.75, 3.05) is 27.2 Å². The zero-order chi connectivity index (χ0) is 17.9. The molecule has 1 heterocycles. The summed E-state index contributed by atoms with van der Waals surface area (Å²) in [5.74, 6) is -0.284. The number of nitrogens with one attached hydrogen (secondary N) is 2. The van der Waals surface area contributed by atoms with Gasteiger partial charge in [0.25, 0.3) is 0 Å². The molecule has 24 heavy (non-hydrogen) atoms. The van der Waals surface area contributed by atoms with Crippen LogP contribution in [0.4, 0.5) is 0 Å². The van der Waals surface area contributed by atoms with Crippen molar-refractivity contribution in [2.24, 2.45) is 0 Å². The van der Waals surface area contributed by atoms with Gasteiger partial charge in [0.2, 0.25) is 0 Å². The monoisotopic (exact) mass is 333 g/mol. The summed E-state index contributed by atoms with van der Waals surface area (Å²) in [5, 5.41) is 5.39. The highest BCUT2D eigenvalue weighted by Gasteiger charge is 2.23. The molecule has 0 aliphatic carbocycles. The summed E-state index contributed by atoms with van der Waals surface area (Å²) in [4.78, 5) is 25.9. The van der Waals surface area contributed by atoms with Crippen LogP contribution in [0.15, 0.2) is 18.2 Å². The molecule has 0 aromatic heterocycles. The zero-order valence-corrected chi connectivity index (χ0v) is 15.1. The Hall–Kier alpha value is -2.08. The molecule has 0 saturated heterocycles. The lowest BCUT2D eigenvalue weighted by molar-refractivity contribution is -0.140.